The predicted molar refractivity (Wildman–Crippen MR) is 97.8 cm³/mol. The van der Waals surface area contributed by atoms with E-state index in [0.717, 1.165) is 5.39 Å². The minimum atomic E-state index is -0.533. The van der Waals surface area contributed by atoms with Crippen LogP contribution in [0.1, 0.15) is 32.9 Å². The number of thiophene rings is 1. The number of para-hydroxylation sites is 1. The predicted octanol–water partition coefficient (Wildman–Crippen LogP) is 2.38. The van der Waals surface area contributed by atoms with E-state index in [4.69, 9.17) is 4.42 Å². The van der Waals surface area contributed by atoms with Gasteiger partial charge in [0.05, 0.1) is 0 Å². The monoisotopic (exact) mass is 371 g/mol. The summed E-state index contributed by atoms with van der Waals surface area (Å²) in [6.07, 6.45) is 0.0370. The van der Waals surface area contributed by atoms with E-state index in [9.17, 15) is 14.4 Å². The van der Waals surface area contributed by atoms with Crippen molar-refractivity contribution in [2.75, 3.05) is 6.54 Å². The largest absolute Gasteiger partial charge is 0.451 e. The number of nitrogens with one attached hydrogen (secondary N) is 3. The molecule has 0 bridgehead atoms. The van der Waals surface area contributed by atoms with Crippen LogP contribution in [0.3, 0.4) is 0 Å². The number of carbonyl (C=O) groups is 3. The lowest BCUT2D eigenvalue weighted by molar-refractivity contribution is -0.121. The molecule has 0 aliphatic carbocycles. The molecule has 0 aliphatic rings. The van der Waals surface area contributed by atoms with Gasteiger partial charge in [-0.3, -0.25) is 25.2 Å². The van der Waals surface area contributed by atoms with Gasteiger partial charge in [-0.2, -0.15) is 11.3 Å². The highest BCUT2D eigenvalue weighted by Crippen LogP contribution is 2.24. The van der Waals surface area contributed by atoms with Crippen molar-refractivity contribution in [3.8, 4) is 0 Å². The van der Waals surface area contributed by atoms with E-state index in [0.29, 0.717) is 16.7 Å². The molecule has 26 heavy (non-hydrogen) atoms. The number of aryl methyl sites for hydroxylation is 1. The number of rotatable bonds is 5. The fourth-order valence-corrected chi connectivity index (χ4v) is 3.06. The lowest BCUT2D eigenvalue weighted by Crippen LogP contribution is -2.42. The second-order valence-corrected chi connectivity index (χ2v) is 6.35. The van der Waals surface area contributed by atoms with Crippen molar-refractivity contribution in [1.29, 1.82) is 0 Å². The molecule has 0 atom stereocenters. The summed E-state index contributed by atoms with van der Waals surface area (Å²) in [7, 11) is 0. The molecule has 0 aliphatic heterocycles. The highest BCUT2D eigenvalue weighted by molar-refractivity contribution is 7.08. The molecule has 3 amide bonds. The first-order valence-corrected chi connectivity index (χ1v) is 8.88. The third-order valence-corrected chi connectivity index (χ3v) is 4.47. The zero-order chi connectivity index (χ0) is 18.5. The van der Waals surface area contributed by atoms with Crippen molar-refractivity contribution in [2.24, 2.45) is 0 Å². The number of hydrogen-bond donors (Lipinski definition) is 3. The van der Waals surface area contributed by atoms with E-state index in [2.05, 4.69) is 16.2 Å². The third-order valence-electron chi connectivity index (χ3n) is 3.79. The average Bonchev–Trinajstić information content (AvgIpc) is 3.28. The highest BCUT2D eigenvalue weighted by atomic mass is 32.1. The summed E-state index contributed by atoms with van der Waals surface area (Å²) in [5.74, 6) is -1.04. The smallest absolute Gasteiger partial charge is 0.305 e. The van der Waals surface area contributed by atoms with Gasteiger partial charge < -0.3 is 9.73 Å². The number of fused-ring (bicyclic) bond motifs is 1. The molecular formula is C18H17N3O4S. The van der Waals surface area contributed by atoms with Crippen LogP contribution in [0.2, 0.25) is 0 Å². The number of benzene rings is 1. The van der Waals surface area contributed by atoms with Gasteiger partial charge in [0, 0.05) is 34.9 Å². The Morgan fingerprint density at radius 3 is 2.62 bits per heavy atom. The second-order valence-electron chi connectivity index (χ2n) is 5.57. The van der Waals surface area contributed by atoms with Gasteiger partial charge in [0.2, 0.25) is 5.91 Å². The van der Waals surface area contributed by atoms with Crippen LogP contribution in [0.5, 0.6) is 0 Å². The first-order chi connectivity index (χ1) is 12.6. The van der Waals surface area contributed by atoms with Gasteiger partial charge in [0.1, 0.15) is 5.58 Å². The van der Waals surface area contributed by atoms with E-state index in [1.807, 2.05) is 18.2 Å². The summed E-state index contributed by atoms with van der Waals surface area (Å²) in [6, 6.07) is 9.02. The second kappa shape index (κ2) is 7.83. The maximum Gasteiger partial charge on any atom is 0.305 e. The molecule has 7 nitrogen and oxygen atoms in total. The number of carbonyl (C=O) groups excluding carboxylic acids is 3. The molecule has 3 aromatic rings. The van der Waals surface area contributed by atoms with Crippen LogP contribution < -0.4 is 16.2 Å². The third kappa shape index (κ3) is 3.92. The van der Waals surface area contributed by atoms with Crippen LogP contribution in [0.4, 0.5) is 0 Å². The Kier molecular flexibility index (Phi) is 5.33. The number of hydrogen-bond acceptors (Lipinski definition) is 5. The Labute approximate surface area is 153 Å². The zero-order valence-electron chi connectivity index (χ0n) is 14.0. The summed E-state index contributed by atoms with van der Waals surface area (Å²) in [4.78, 5) is 35.7. The molecule has 3 rings (SSSR count). The maximum absolute atomic E-state index is 12.2. The van der Waals surface area contributed by atoms with Gasteiger partial charge in [-0.05, 0) is 24.4 Å². The summed E-state index contributed by atoms with van der Waals surface area (Å²) in [6.45, 7) is 1.95. The van der Waals surface area contributed by atoms with Crippen molar-refractivity contribution >= 4 is 40.0 Å². The quantitative estimate of drug-likeness (QED) is 0.600. The van der Waals surface area contributed by atoms with Gasteiger partial charge in [-0.1, -0.05) is 18.2 Å². The molecule has 0 radical (unpaired) electrons. The van der Waals surface area contributed by atoms with Crippen molar-refractivity contribution in [3.05, 3.63) is 58.0 Å². The Hall–Kier alpha value is -3.13. The molecule has 0 unspecified atom stereocenters. The van der Waals surface area contributed by atoms with Crippen molar-refractivity contribution in [2.45, 2.75) is 13.3 Å². The highest BCUT2D eigenvalue weighted by Gasteiger charge is 2.17. The standard InChI is InChI=1S/C18H17N3O4S/c1-11-13-4-2-3-5-14(13)25-16(11)18(24)21-20-15(22)6-8-19-17(23)12-7-9-26-10-12/h2-5,7,9-10H,6,8H2,1H3,(H,19,23)(H,20,22)(H,21,24). The van der Waals surface area contributed by atoms with E-state index in [1.165, 1.54) is 11.3 Å². The molecule has 3 N–H and O–H groups in total. The summed E-state index contributed by atoms with van der Waals surface area (Å²) < 4.78 is 5.53. The number of amides is 3. The van der Waals surface area contributed by atoms with Crippen molar-refractivity contribution in [3.63, 3.8) is 0 Å². The van der Waals surface area contributed by atoms with Crippen LogP contribution >= 0.6 is 11.3 Å². The van der Waals surface area contributed by atoms with Crippen molar-refractivity contribution < 1.29 is 18.8 Å². The van der Waals surface area contributed by atoms with E-state index < -0.39 is 11.8 Å². The molecule has 0 fully saturated rings. The Morgan fingerprint density at radius 1 is 1.08 bits per heavy atom. The van der Waals surface area contributed by atoms with E-state index in [-0.39, 0.29) is 24.6 Å². The molecule has 0 saturated heterocycles. The van der Waals surface area contributed by atoms with Crippen LogP contribution in [0, 0.1) is 6.92 Å². The first kappa shape index (κ1) is 17.7. The number of furan rings is 1. The van der Waals surface area contributed by atoms with Crippen LogP contribution in [-0.2, 0) is 4.79 Å². The van der Waals surface area contributed by atoms with Crippen LogP contribution in [0.15, 0.2) is 45.5 Å². The molecule has 134 valence electrons. The van der Waals surface area contributed by atoms with Gasteiger partial charge in [0.25, 0.3) is 5.91 Å². The van der Waals surface area contributed by atoms with Crippen LogP contribution in [-0.4, -0.2) is 24.3 Å². The molecule has 0 saturated carbocycles. The summed E-state index contributed by atoms with van der Waals surface area (Å²) in [5, 5.41) is 7.02. The van der Waals surface area contributed by atoms with Gasteiger partial charge in [-0.15, -0.1) is 0 Å². The van der Waals surface area contributed by atoms with E-state index in [1.54, 1.807) is 29.8 Å². The zero-order valence-corrected chi connectivity index (χ0v) is 14.8. The first-order valence-electron chi connectivity index (χ1n) is 7.94. The lowest BCUT2D eigenvalue weighted by atomic mass is 10.1. The van der Waals surface area contributed by atoms with Gasteiger partial charge in [-0.25, -0.2) is 0 Å². The van der Waals surface area contributed by atoms with Gasteiger partial charge >= 0.3 is 5.91 Å². The molecule has 1 aromatic carbocycles. The fourth-order valence-electron chi connectivity index (χ4n) is 2.42. The summed E-state index contributed by atoms with van der Waals surface area (Å²) in [5.41, 5.74) is 6.51. The lowest BCUT2D eigenvalue weighted by Gasteiger charge is -2.07. The normalized spacial score (nSPS) is 10.5. The minimum Gasteiger partial charge on any atom is -0.451 e. The minimum absolute atomic E-state index is 0.0370. The topological polar surface area (TPSA) is 100 Å². The van der Waals surface area contributed by atoms with Gasteiger partial charge in [0.15, 0.2) is 5.76 Å². The molecule has 2 heterocycles. The Bertz CT molecular complexity index is 947. The SMILES string of the molecule is Cc1c(C(=O)NNC(=O)CCNC(=O)c2ccsc2)oc2ccccc12. The molecule has 0 spiro atoms. The Balaban J connectivity index is 1.47. The molecular weight excluding hydrogens is 354 g/mol. The molecule has 8 heteroatoms. The maximum atomic E-state index is 12.2. The van der Waals surface area contributed by atoms with Crippen LogP contribution in [0.25, 0.3) is 11.0 Å². The Morgan fingerprint density at radius 2 is 1.88 bits per heavy atom. The fraction of sp³-hybridized carbons (Fsp3) is 0.167. The number of hydrazine groups is 1. The van der Waals surface area contributed by atoms with Crippen molar-refractivity contribution in [1.82, 2.24) is 16.2 Å². The molecule has 2 aromatic heterocycles. The van der Waals surface area contributed by atoms with E-state index >= 15 is 0 Å². The average molecular weight is 371 g/mol. The summed E-state index contributed by atoms with van der Waals surface area (Å²) >= 11 is 1.42.